The normalized spacial score (nSPS) is 37.1. The van der Waals surface area contributed by atoms with Crippen LogP contribution in [0.4, 0.5) is 0 Å². The predicted octanol–water partition coefficient (Wildman–Crippen LogP) is 7.90. The average Bonchev–Trinajstić information content (AvgIpc) is 2.70. The Kier molecular flexibility index (Phi) is 9.50. The third-order valence-electron chi connectivity index (χ3n) is 8.65. The maximum absolute atomic E-state index is 10.1. The van der Waals surface area contributed by atoms with Crippen LogP contribution in [0.3, 0.4) is 0 Å². The Morgan fingerprint density at radius 3 is 1.85 bits per heavy atom. The van der Waals surface area contributed by atoms with Gasteiger partial charge in [-0.15, -0.1) is 0 Å². The van der Waals surface area contributed by atoms with Gasteiger partial charge in [0.25, 0.3) is 0 Å². The van der Waals surface area contributed by atoms with Crippen molar-refractivity contribution in [2.24, 2.45) is 29.6 Å². The Balaban J connectivity index is 1.25. The van der Waals surface area contributed by atoms with Gasteiger partial charge in [0.05, 0.1) is 6.10 Å². The summed E-state index contributed by atoms with van der Waals surface area (Å²) >= 11 is 0. The number of aliphatic hydroxyl groups excluding tert-OH is 1. The zero-order valence-corrected chi connectivity index (χ0v) is 18.3. The molecule has 3 saturated carbocycles. The first kappa shape index (κ1) is 21.7. The van der Waals surface area contributed by atoms with Gasteiger partial charge in [-0.05, 0) is 81.0 Å². The molecule has 4 atom stereocenters. The van der Waals surface area contributed by atoms with Crippen LogP contribution in [-0.4, -0.2) is 11.2 Å². The van der Waals surface area contributed by atoms with Crippen molar-refractivity contribution in [3.8, 4) is 0 Å². The standard InChI is InChI=1S/C26H48O/c1-2-3-4-5-6-7-8-9-10-21-11-13-22(14-12-21)24-16-15-23-17-18-26(27)20-25(23)19-24/h21-27H,2-20H2,1H3. The van der Waals surface area contributed by atoms with Crippen LogP contribution in [0.1, 0.15) is 129 Å². The largest absolute Gasteiger partial charge is 0.393 e. The highest BCUT2D eigenvalue weighted by Crippen LogP contribution is 2.48. The summed E-state index contributed by atoms with van der Waals surface area (Å²) in [5, 5.41) is 10.1. The van der Waals surface area contributed by atoms with Gasteiger partial charge in [0, 0.05) is 0 Å². The quantitative estimate of drug-likeness (QED) is 0.384. The Labute approximate surface area is 170 Å². The minimum absolute atomic E-state index is 0.0207. The van der Waals surface area contributed by atoms with Crippen molar-refractivity contribution in [3.63, 3.8) is 0 Å². The third kappa shape index (κ3) is 7.06. The smallest absolute Gasteiger partial charge is 0.0543 e. The van der Waals surface area contributed by atoms with Crippen molar-refractivity contribution in [2.45, 2.75) is 135 Å². The summed E-state index contributed by atoms with van der Waals surface area (Å²) in [5.41, 5.74) is 0. The molecule has 0 saturated heterocycles. The van der Waals surface area contributed by atoms with Crippen molar-refractivity contribution >= 4 is 0 Å². The molecule has 3 aliphatic rings. The fourth-order valence-electron chi connectivity index (χ4n) is 6.85. The summed E-state index contributed by atoms with van der Waals surface area (Å²) in [6.07, 6.45) is 27.2. The maximum Gasteiger partial charge on any atom is 0.0543 e. The van der Waals surface area contributed by atoms with Gasteiger partial charge in [-0.3, -0.25) is 0 Å². The lowest BCUT2D eigenvalue weighted by atomic mass is 9.62. The second-order valence-corrected chi connectivity index (χ2v) is 10.6. The van der Waals surface area contributed by atoms with E-state index in [1.54, 1.807) is 0 Å². The van der Waals surface area contributed by atoms with E-state index in [9.17, 15) is 5.11 Å². The van der Waals surface area contributed by atoms with Gasteiger partial charge in [0.2, 0.25) is 0 Å². The Bertz CT molecular complexity index is 384. The zero-order chi connectivity index (χ0) is 18.9. The molecule has 0 heterocycles. The van der Waals surface area contributed by atoms with Gasteiger partial charge in [-0.25, -0.2) is 0 Å². The first-order chi connectivity index (χ1) is 13.3. The van der Waals surface area contributed by atoms with Gasteiger partial charge >= 0.3 is 0 Å². The van der Waals surface area contributed by atoms with Crippen LogP contribution in [-0.2, 0) is 0 Å². The molecule has 3 aliphatic carbocycles. The van der Waals surface area contributed by atoms with Crippen LogP contribution >= 0.6 is 0 Å². The molecule has 3 rings (SSSR count). The molecular weight excluding hydrogens is 328 g/mol. The molecule has 0 aromatic rings. The van der Waals surface area contributed by atoms with Gasteiger partial charge in [0.1, 0.15) is 0 Å². The van der Waals surface area contributed by atoms with E-state index in [0.29, 0.717) is 0 Å². The van der Waals surface area contributed by atoms with Crippen molar-refractivity contribution in [1.82, 2.24) is 0 Å². The molecule has 0 aliphatic heterocycles. The fourth-order valence-corrected chi connectivity index (χ4v) is 6.85. The molecule has 158 valence electrons. The van der Waals surface area contributed by atoms with Crippen molar-refractivity contribution < 1.29 is 5.11 Å². The summed E-state index contributed by atoms with van der Waals surface area (Å²) in [6.45, 7) is 2.31. The molecule has 0 radical (unpaired) electrons. The van der Waals surface area contributed by atoms with E-state index in [4.69, 9.17) is 0 Å². The first-order valence-electron chi connectivity index (χ1n) is 12.9. The lowest BCUT2D eigenvalue weighted by molar-refractivity contribution is 0.0179. The molecule has 3 fully saturated rings. The van der Waals surface area contributed by atoms with Crippen LogP contribution < -0.4 is 0 Å². The highest BCUT2D eigenvalue weighted by molar-refractivity contribution is 4.89. The van der Waals surface area contributed by atoms with E-state index in [2.05, 4.69) is 6.92 Å². The van der Waals surface area contributed by atoms with Crippen LogP contribution in [0.15, 0.2) is 0 Å². The van der Waals surface area contributed by atoms with Gasteiger partial charge in [-0.1, -0.05) is 77.6 Å². The topological polar surface area (TPSA) is 20.2 Å². The highest BCUT2D eigenvalue weighted by atomic mass is 16.3. The van der Waals surface area contributed by atoms with Crippen LogP contribution in [0.5, 0.6) is 0 Å². The van der Waals surface area contributed by atoms with Gasteiger partial charge < -0.3 is 5.11 Å². The summed E-state index contributed by atoms with van der Waals surface area (Å²) in [6, 6.07) is 0. The number of hydrogen-bond donors (Lipinski definition) is 1. The summed E-state index contributed by atoms with van der Waals surface area (Å²) in [4.78, 5) is 0. The number of hydrogen-bond acceptors (Lipinski definition) is 1. The van der Waals surface area contributed by atoms with Crippen LogP contribution in [0.25, 0.3) is 0 Å². The molecule has 0 spiro atoms. The van der Waals surface area contributed by atoms with E-state index in [-0.39, 0.29) is 6.10 Å². The number of aliphatic hydroxyl groups is 1. The van der Waals surface area contributed by atoms with E-state index < -0.39 is 0 Å². The second kappa shape index (κ2) is 11.8. The fraction of sp³-hybridized carbons (Fsp3) is 1.00. The molecule has 1 N–H and O–H groups in total. The van der Waals surface area contributed by atoms with Crippen molar-refractivity contribution in [3.05, 3.63) is 0 Å². The lowest BCUT2D eigenvalue weighted by Crippen LogP contribution is -2.36. The molecule has 1 heteroatoms. The summed E-state index contributed by atoms with van der Waals surface area (Å²) in [5.74, 6) is 4.90. The number of rotatable bonds is 10. The van der Waals surface area contributed by atoms with E-state index >= 15 is 0 Å². The maximum atomic E-state index is 10.1. The lowest BCUT2D eigenvalue weighted by Gasteiger charge is -2.44. The summed E-state index contributed by atoms with van der Waals surface area (Å²) < 4.78 is 0. The molecule has 0 aromatic carbocycles. The zero-order valence-electron chi connectivity index (χ0n) is 18.3. The van der Waals surface area contributed by atoms with Crippen LogP contribution in [0, 0.1) is 29.6 Å². The molecule has 27 heavy (non-hydrogen) atoms. The van der Waals surface area contributed by atoms with Crippen LogP contribution in [0.2, 0.25) is 0 Å². The second-order valence-electron chi connectivity index (χ2n) is 10.6. The molecular formula is C26H48O. The highest BCUT2D eigenvalue weighted by Gasteiger charge is 2.38. The Hall–Kier alpha value is -0.0400. The van der Waals surface area contributed by atoms with E-state index in [1.165, 1.54) is 109 Å². The average molecular weight is 377 g/mol. The first-order valence-corrected chi connectivity index (χ1v) is 12.9. The molecule has 4 unspecified atom stereocenters. The Morgan fingerprint density at radius 1 is 0.556 bits per heavy atom. The third-order valence-corrected chi connectivity index (χ3v) is 8.65. The number of unbranched alkanes of at least 4 members (excludes halogenated alkanes) is 7. The summed E-state index contributed by atoms with van der Waals surface area (Å²) in [7, 11) is 0. The SMILES string of the molecule is CCCCCCCCCCC1CCC(C2CCC3CCC(O)CC3C2)CC1. The number of fused-ring (bicyclic) bond motifs is 1. The van der Waals surface area contributed by atoms with Gasteiger partial charge in [0.15, 0.2) is 0 Å². The van der Waals surface area contributed by atoms with E-state index in [0.717, 1.165) is 42.4 Å². The minimum Gasteiger partial charge on any atom is -0.393 e. The molecule has 0 aromatic heterocycles. The molecule has 1 nitrogen and oxygen atoms in total. The molecule has 0 bridgehead atoms. The Morgan fingerprint density at radius 2 is 1.11 bits per heavy atom. The van der Waals surface area contributed by atoms with Crippen molar-refractivity contribution in [1.29, 1.82) is 0 Å². The monoisotopic (exact) mass is 376 g/mol. The van der Waals surface area contributed by atoms with Crippen molar-refractivity contribution in [2.75, 3.05) is 0 Å². The van der Waals surface area contributed by atoms with E-state index in [1.807, 2.05) is 0 Å². The minimum atomic E-state index is 0.0207. The van der Waals surface area contributed by atoms with Gasteiger partial charge in [-0.2, -0.15) is 0 Å². The molecule has 0 amide bonds. The predicted molar refractivity (Wildman–Crippen MR) is 117 cm³/mol.